The quantitative estimate of drug-likeness (QED) is 0.793. The molecule has 0 spiro atoms. The summed E-state index contributed by atoms with van der Waals surface area (Å²) in [6.07, 6.45) is 3.34. The van der Waals surface area contributed by atoms with Crippen LogP contribution in [0.4, 0.5) is 5.69 Å². The Kier molecular flexibility index (Phi) is 7.26. The van der Waals surface area contributed by atoms with Gasteiger partial charge in [0.1, 0.15) is 0 Å². The minimum Gasteiger partial charge on any atom is -0.370 e. The number of thioether (sulfide) groups is 1. The van der Waals surface area contributed by atoms with E-state index in [1.807, 2.05) is 18.8 Å². The summed E-state index contributed by atoms with van der Waals surface area (Å²) >= 11 is 5.63. The first-order valence-electron chi connectivity index (χ1n) is 6.73. The van der Waals surface area contributed by atoms with Crippen molar-refractivity contribution in [2.24, 2.45) is 0 Å². The molecule has 2 nitrogen and oxygen atoms in total. The van der Waals surface area contributed by atoms with Gasteiger partial charge in [0, 0.05) is 29.4 Å². The van der Waals surface area contributed by atoms with Crippen molar-refractivity contribution in [2.75, 3.05) is 31.0 Å². The lowest BCUT2D eigenvalue weighted by Gasteiger charge is -2.30. The van der Waals surface area contributed by atoms with Crippen LogP contribution in [0.25, 0.3) is 0 Å². The third-order valence-electron chi connectivity index (χ3n) is 3.66. The topological polar surface area (TPSA) is 15.3 Å². The van der Waals surface area contributed by atoms with Crippen LogP contribution in [0.5, 0.6) is 0 Å². The van der Waals surface area contributed by atoms with Crippen molar-refractivity contribution in [3.05, 3.63) is 28.2 Å². The van der Waals surface area contributed by atoms with E-state index in [4.69, 9.17) is 0 Å². The highest BCUT2D eigenvalue weighted by Crippen LogP contribution is 2.30. The first-order chi connectivity index (χ1) is 9.04. The molecule has 1 N–H and O–H groups in total. The SMILES string of the molecule is CCC(CSC)N(C)c1ccc(C(C)NC)cc1Br. The highest BCUT2D eigenvalue weighted by Gasteiger charge is 2.16. The molecule has 108 valence electrons. The first kappa shape index (κ1) is 16.9. The molecular formula is C15H25BrN2S. The number of halogens is 1. The van der Waals surface area contributed by atoms with Crippen LogP contribution in [-0.2, 0) is 0 Å². The minimum absolute atomic E-state index is 0.379. The number of nitrogens with zero attached hydrogens (tertiary/aromatic N) is 1. The van der Waals surface area contributed by atoms with Crippen LogP contribution in [0.2, 0.25) is 0 Å². The Morgan fingerprint density at radius 3 is 2.58 bits per heavy atom. The second kappa shape index (κ2) is 8.18. The first-order valence-corrected chi connectivity index (χ1v) is 8.92. The molecule has 0 heterocycles. The zero-order chi connectivity index (χ0) is 14.4. The van der Waals surface area contributed by atoms with Gasteiger partial charge < -0.3 is 10.2 Å². The molecule has 2 unspecified atom stereocenters. The van der Waals surface area contributed by atoms with Gasteiger partial charge in [0.05, 0.1) is 5.69 Å². The molecule has 1 aromatic carbocycles. The van der Waals surface area contributed by atoms with E-state index in [1.54, 1.807) is 0 Å². The van der Waals surface area contributed by atoms with Crippen LogP contribution in [0, 0.1) is 0 Å². The van der Waals surface area contributed by atoms with E-state index >= 15 is 0 Å². The zero-order valence-corrected chi connectivity index (χ0v) is 14.9. The summed E-state index contributed by atoms with van der Waals surface area (Å²) in [4.78, 5) is 2.38. The molecule has 0 aromatic heterocycles. The van der Waals surface area contributed by atoms with Crippen LogP contribution < -0.4 is 10.2 Å². The smallest absolute Gasteiger partial charge is 0.0511 e. The van der Waals surface area contributed by atoms with Crippen molar-refractivity contribution in [1.82, 2.24) is 5.32 Å². The fraction of sp³-hybridized carbons (Fsp3) is 0.600. The standard InChI is InChI=1S/C15H25BrN2S/c1-6-13(10-19-5)18(4)15-8-7-12(9-14(15)16)11(2)17-3/h7-9,11,13,17H,6,10H2,1-5H3. The summed E-state index contributed by atoms with van der Waals surface area (Å²) in [5, 5.41) is 3.27. The van der Waals surface area contributed by atoms with Gasteiger partial charge in [-0.05, 0) is 60.3 Å². The number of hydrogen-bond acceptors (Lipinski definition) is 3. The number of rotatable bonds is 7. The van der Waals surface area contributed by atoms with E-state index in [-0.39, 0.29) is 0 Å². The van der Waals surface area contributed by atoms with Crippen molar-refractivity contribution in [2.45, 2.75) is 32.4 Å². The van der Waals surface area contributed by atoms with E-state index < -0.39 is 0 Å². The molecule has 0 saturated carbocycles. The van der Waals surface area contributed by atoms with Crippen molar-refractivity contribution < 1.29 is 0 Å². The largest absolute Gasteiger partial charge is 0.370 e. The predicted molar refractivity (Wildman–Crippen MR) is 92.5 cm³/mol. The molecular weight excluding hydrogens is 320 g/mol. The summed E-state index contributed by atoms with van der Waals surface area (Å²) in [5.74, 6) is 1.16. The maximum atomic E-state index is 3.72. The lowest BCUT2D eigenvalue weighted by molar-refractivity contribution is 0.650. The molecule has 0 fully saturated rings. The minimum atomic E-state index is 0.379. The summed E-state index contributed by atoms with van der Waals surface area (Å²) in [6, 6.07) is 7.61. The van der Waals surface area contributed by atoms with Gasteiger partial charge in [-0.25, -0.2) is 0 Å². The van der Waals surface area contributed by atoms with Gasteiger partial charge in [-0.15, -0.1) is 0 Å². The molecule has 1 rings (SSSR count). The number of hydrogen-bond donors (Lipinski definition) is 1. The molecule has 0 saturated heterocycles. The van der Waals surface area contributed by atoms with Crippen LogP contribution >= 0.6 is 27.7 Å². The second-order valence-corrected chi connectivity index (χ2v) is 6.61. The van der Waals surface area contributed by atoms with Gasteiger partial charge in [-0.1, -0.05) is 13.0 Å². The summed E-state index contributed by atoms with van der Waals surface area (Å²) in [5.41, 5.74) is 2.58. The monoisotopic (exact) mass is 344 g/mol. The Morgan fingerprint density at radius 1 is 1.42 bits per heavy atom. The molecule has 4 heteroatoms. The van der Waals surface area contributed by atoms with Crippen molar-refractivity contribution in [3.8, 4) is 0 Å². The Hall–Kier alpha value is -0.190. The maximum Gasteiger partial charge on any atom is 0.0511 e. The fourth-order valence-electron chi connectivity index (χ4n) is 2.14. The highest BCUT2D eigenvalue weighted by atomic mass is 79.9. The molecule has 0 aliphatic rings. The predicted octanol–water partition coefficient (Wildman–Crippen LogP) is 4.31. The average molecular weight is 345 g/mol. The van der Waals surface area contributed by atoms with E-state index in [2.05, 4.69) is 71.5 Å². The molecule has 19 heavy (non-hydrogen) atoms. The Labute approximate surface area is 130 Å². The molecule has 0 bridgehead atoms. The molecule has 0 radical (unpaired) electrons. The van der Waals surface area contributed by atoms with Gasteiger partial charge >= 0.3 is 0 Å². The van der Waals surface area contributed by atoms with Crippen molar-refractivity contribution in [1.29, 1.82) is 0 Å². The molecule has 0 amide bonds. The Morgan fingerprint density at radius 2 is 2.11 bits per heavy atom. The van der Waals surface area contributed by atoms with Crippen LogP contribution in [0.15, 0.2) is 22.7 Å². The summed E-state index contributed by atoms with van der Waals surface area (Å²) in [6.45, 7) is 4.43. The Balaban J connectivity index is 2.95. The second-order valence-electron chi connectivity index (χ2n) is 4.85. The van der Waals surface area contributed by atoms with Crippen LogP contribution in [-0.4, -0.2) is 32.1 Å². The summed E-state index contributed by atoms with van der Waals surface area (Å²) < 4.78 is 1.18. The van der Waals surface area contributed by atoms with Crippen LogP contribution in [0.3, 0.4) is 0 Å². The van der Waals surface area contributed by atoms with Crippen LogP contribution in [0.1, 0.15) is 31.9 Å². The van der Waals surface area contributed by atoms with E-state index in [0.717, 1.165) is 5.75 Å². The van der Waals surface area contributed by atoms with Gasteiger partial charge in [-0.3, -0.25) is 0 Å². The van der Waals surface area contributed by atoms with E-state index in [0.29, 0.717) is 12.1 Å². The maximum absolute atomic E-state index is 3.72. The highest BCUT2D eigenvalue weighted by molar-refractivity contribution is 9.10. The molecule has 0 aliphatic heterocycles. The molecule has 0 aliphatic carbocycles. The van der Waals surface area contributed by atoms with Gasteiger partial charge in [0.15, 0.2) is 0 Å². The zero-order valence-electron chi connectivity index (χ0n) is 12.5. The normalized spacial score (nSPS) is 14.2. The lowest BCUT2D eigenvalue weighted by Crippen LogP contribution is -2.33. The molecule has 2 atom stereocenters. The Bertz CT molecular complexity index is 398. The van der Waals surface area contributed by atoms with Crippen molar-refractivity contribution in [3.63, 3.8) is 0 Å². The lowest BCUT2D eigenvalue weighted by atomic mass is 10.1. The van der Waals surface area contributed by atoms with Gasteiger partial charge in [0.2, 0.25) is 0 Å². The number of anilines is 1. The third kappa shape index (κ3) is 4.40. The fourth-order valence-corrected chi connectivity index (χ4v) is 3.66. The van der Waals surface area contributed by atoms with E-state index in [9.17, 15) is 0 Å². The molecule has 1 aromatic rings. The summed E-state index contributed by atoms with van der Waals surface area (Å²) in [7, 11) is 4.18. The third-order valence-corrected chi connectivity index (χ3v) is 5.02. The average Bonchev–Trinajstić information content (AvgIpc) is 2.43. The van der Waals surface area contributed by atoms with Crippen molar-refractivity contribution >= 4 is 33.4 Å². The van der Waals surface area contributed by atoms with Gasteiger partial charge in [0.25, 0.3) is 0 Å². The number of benzene rings is 1. The number of nitrogens with one attached hydrogen (secondary N) is 1. The van der Waals surface area contributed by atoms with E-state index in [1.165, 1.54) is 22.1 Å². The van der Waals surface area contributed by atoms with Gasteiger partial charge in [-0.2, -0.15) is 11.8 Å².